The molecule has 0 saturated carbocycles. The van der Waals surface area contributed by atoms with Crippen LogP contribution in [0.5, 0.6) is 17.2 Å². The number of nitrogens with zero attached hydrogens (tertiary/aromatic N) is 1. The second kappa shape index (κ2) is 9.56. The molecule has 7 heteroatoms. The van der Waals surface area contributed by atoms with Crippen LogP contribution in [0.25, 0.3) is 0 Å². The molecule has 2 rings (SSSR count). The van der Waals surface area contributed by atoms with Gasteiger partial charge in [-0.05, 0) is 30.9 Å². The first kappa shape index (κ1) is 18.6. The van der Waals surface area contributed by atoms with Crippen LogP contribution in [-0.2, 0) is 17.6 Å². The summed E-state index contributed by atoms with van der Waals surface area (Å²) in [4.78, 5) is 12.0. The van der Waals surface area contributed by atoms with Crippen molar-refractivity contribution in [1.29, 1.82) is 0 Å². The van der Waals surface area contributed by atoms with Gasteiger partial charge in [-0.1, -0.05) is 11.2 Å². The number of hydrogen-bond donors (Lipinski definition) is 1. The van der Waals surface area contributed by atoms with Crippen LogP contribution in [0.3, 0.4) is 0 Å². The molecule has 0 aliphatic heterocycles. The number of ether oxygens (including phenoxy) is 3. The van der Waals surface area contributed by atoms with Crippen molar-refractivity contribution in [3.63, 3.8) is 0 Å². The molecule has 1 amide bonds. The highest BCUT2D eigenvalue weighted by atomic mass is 16.5. The topological polar surface area (TPSA) is 82.8 Å². The molecule has 0 spiro atoms. The molecule has 2 aromatic rings. The first-order chi connectivity index (χ1) is 12.2. The van der Waals surface area contributed by atoms with Gasteiger partial charge in [0.2, 0.25) is 11.7 Å². The predicted molar refractivity (Wildman–Crippen MR) is 92.3 cm³/mol. The third-order valence-electron chi connectivity index (χ3n) is 3.85. The summed E-state index contributed by atoms with van der Waals surface area (Å²) < 4.78 is 20.8. The second-order valence-corrected chi connectivity index (χ2v) is 5.48. The molecule has 0 saturated heterocycles. The van der Waals surface area contributed by atoms with Crippen LogP contribution >= 0.6 is 0 Å². The van der Waals surface area contributed by atoms with Gasteiger partial charge < -0.3 is 24.1 Å². The number of benzene rings is 1. The van der Waals surface area contributed by atoms with Crippen molar-refractivity contribution < 1.29 is 23.5 Å². The van der Waals surface area contributed by atoms with E-state index in [1.54, 1.807) is 33.8 Å². The van der Waals surface area contributed by atoms with E-state index in [0.717, 1.165) is 24.0 Å². The van der Waals surface area contributed by atoms with Crippen LogP contribution in [0.15, 0.2) is 29.1 Å². The van der Waals surface area contributed by atoms with Crippen LogP contribution in [0, 0.1) is 0 Å². The maximum Gasteiger partial charge on any atom is 0.220 e. The SMILES string of the molecule is COc1ccc(CCC(=O)NCCCc2cnoc2)c(OC)c1OC. The van der Waals surface area contributed by atoms with Crippen molar-refractivity contribution in [3.8, 4) is 17.2 Å². The fourth-order valence-electron chi connectivity index (χ4n) is 2.57. The van der Waals surface area contributed by atoms with Crippen LogP contribution in [-0.4, -0.2) is 38.9 Å². The largest absolute Gasteiger partial charge is 0.493 e. The monoisotopic (exact) mass is 348 g/mol. The zero-order chi connectivity index (χ0) is 18.1. The summed E-state index contributed by atoms with van der Waals surface area (Å²) in [5.74, 6) is 1.74. The zero-order valence-electron chi connectivity index (χ0n) is 14.8. The lowest BCUT2D eigenvalue weighted by Gasteiger charge is -2.15. The molecule has 1 aromatic carbocycles. The number of nitrogens with one attached hydrogen (secondary N) is 1. The van der Waals surface area contributed by atoms with E-state index < -0.39 is 0 Å². The number of methoxy groups -OCH3 is 3. The Morgan fingerprint density at radius 2 is 1.92 bits per heavy atom. The third-order valence-corrected chi connectivity index (χ3v) is 3.85. The maximum atomic E-state index is 12.0. The van der Waals surface area contributed by atoms with Gasteiger partial charge in [0.1, 0.15) is 6.26 Å². The smallest absolute Gasteiger partial charge is 0.220 e. The third kappa shape index (κ3) is 5.14. The highest BCUT2D eigenvalue weighted by Crippen LogP contribution is 2.40. The summed E-state index contributed by atoms with van der Waals surface area (Å²) in [5, 5.41) is 6.57. The Morgan fingerprint density at radius 3 is 2.56 bits per heavy atom. The van der Waals surface area contributed by atoms with Crippen molar-refractivity contribution in [2.75, 3.05) is 27.9 Å². The number of aromatic nitrogens is 1. The van der Waals surface area contributed by atoms with Crippen molar-refractivity contribution in [2.24, 2.45) is 0 Å². The highest BCUT2D eigenvalue weighted by molar-refractivity contribution is 5.76. The molecule has 0 bridgehead atoms. The van der Waals surface area contributed by atoms with Gasteiger partial charge in [0.25, 0.3) is 0 Å². The Balaban J connectivity index is 1.82. The summed E-state index contributed by atoms with van der Waals surface area (Å²) in [6.45, 7) is 0.618. The van der Waals surface area contributed by atoms with E-state index >= 15 is 0 Å². The molecule has 0 atom stereocenters. The molecule has 0 aliphatic rings. The number of hydrogen-bond acceptors (Lipinski definition) is 6. The van der Waals surface area contributed by atoms with Crippen molar-refractivity contribution in [1.82, 2.24) is 10.5 Å². The summed E-state index contributed by atoms with van der Waals surface area (Å²) in [6, 6.07) is 3.70. The van der Waals surface area contributed by atoms with E-state index in [2.05, 4.69) is 10.5 Å². The Kier molecular flexibility index (Phi) is 7.13. The number of rotatable bonds is 10. The van der Waals surface area contributed by atoms with Crippen LogP contribution in [0.4, 0.5) is 0 Å². The van der Waals surface area contributed by atoms with E-state index in [1.807, 2.05) is 12.1 Å². The number of aryl methyl sites for hydroxylation is 2. The lowest BCUT2D eigenvalue weighted by molar-refractivity contribution is -0.121. The minimum Gasteiger partial charge on any atom is -0.493 e. The molecule has 1 heterocycles. The average molecular weight is 348 g/mol. The number of carbonyl (C=O) groups is 1. The maximum absolute atomic E-state index is 12.0. The van der Waals surface area contributed by atoms with Crippen LogP contribution in [0.1, 0.15) is 24.0 Å². The molecular weight excluding hydrogens is 324 g/mol. The van der Waals surface area contributed by atoms with Gasteiger partial charge in [-0.3, -0.25) is 4.79 Å². The summed E-state index contributed by atoms with van der Waals surface area (Å²) in [5.41, 5.74) is 1.93. The Bertz CT molecular complexity index is 670. The summed E-state index contributed by atoms with van der Waals surface area (Å²) in [7, 11) is 4.71. The van der Waals surface area contributed by atoms with Crippen LogP contribution in [0.2, 0.25) is 0 Å². The van der Waals surface area contributed by atoms with E-state index in [1.165, 1.54) is 0 Å². The van der Waals surface area contributed by atoms with Gasteiger partial charge in [0, 0.05) is 18.5 Å². The summed E-state index contributed by atoms with van der Waals surface area (Å²) >= 11 is 0. The highest BCUT2D eigenvalue weighted by Gasteiger charge is 2.16. The number of amides is 1. The standard InChI is InChI=1S/C18H24N2O5/c1-22-15-8-6-14(17(23-2)18(15)24-3)7-9-16(21)19-10-4-5-13-11-20-25-12-13/h6,8,11-12H,4-5,7,9-10H2,1-3H3,(H,19,21). The fraction of sp³-hybridized carbons (Fsp3) is 0.444. The van der Waals surface area contributed by atoms with Gasteiger partial charge in [-0.2, -0.15) is 0 Å². The molecule has 7 nitrogen and oxygen atoms in total. The van der Waals surface area contributed by atoms with Crippen molar-refractivity contribution >= 4 is 5.91 Å². The normalized spacial score (nSPS) is 10.4. The lowest BCUT2D eigenvalue weighted by atomic mass is 10.1. The molecule has 0 aliphatic carbocycles. The zero-order valence-corrected chi connectivity index (χ0v) is 14.8. The van der Waals surface area contributed by atoms with E-state index in [-0.39, 0.29) is 5.91 Å². The predicted octanol–water partition coefficient (Wildman–Crippen LogP) is 2.38. The molecule has 136 valence electrons. The molecule has 1 aromatic heterocycles. The van der Waals surface area contributed by atoms with E-state index in [4.69, 9.17) is 18.7 Å². The quantitative estimate of drug-likeness (QED) is 0.664. The van der Waals surface area contributed by atoms with Gasteiger partial charge in [0.05, 0.1) is 27.5 Å². The first-order valence-corrected chi connectivity index (χ1v) is 8.12. The van der Waals surface area contributed by atoms with Gasteiger partial charge in [0.15, 0.2) is 11.5 Å². The lowest BCUT2D eigenvalue weighted by Crippen LogP contribution is -2.25. The van der Waals surface area contributed by atoms with E-state index in [0.29, 0.717) is 36.6 Å². The molecule has 0 radical (unpaired) electrons. The van der Waals surface area contributed by atoms with Gasteiger partial charge in [-0.15, -0.1) is 0 Å². The van der Waals surface area contributed by atoms with Crippen LogP contribution < -0.4 is 19.5 Å². The van der Waals surface area contributed by atoms with Gasteiger partial charge >= 0.3 is 0 Å². The molecular formula is C18H24N2O5. The average Bonchev–Trinajstić information content (AvgIpc) is 3.15. The summed E-state index contributed by atoms with van der Waals surface area (Å²) in [6.07, 6.45) is 5.90. The number of carbonyl (C=O) groups excluding carboxylic acids is 1. The Hall–Kier alpha value is -2.70. The molecule has 1 N–H and O–H groups in total. The van der Waals surface area contributed by atoms with Crippen molar-refractivity contribution in [3.05, 3.63) is 35.7 Å². The first-order valence-electron chi connectivity index (χ1n) is 8.12. The molecule has 0 unspecified atom stereocenters. The molecule has 25 heavy (non-hydrogen) atoms. The minimum absolute atomic E-state index is 0.00200. The fourth-order valence-corrected chi connectivity index (χ4v) is 2.57. The van der Waals surface area contributed by atoms with Crippen molar-refractivity contribution in [2.45, 2.75) is 25.7 Å². The van der Waals surface area contributed by atoms with Gasteiger partial charge in [-0.25, -0.2) is 0 Å². The molecule has 0 fully saturated rings. The Labute approximate surface area is 147 Å². The second-order valence-electron chi connectivity index (χ2n) is 5.48. The van der Waals surface area contributed by atoms with E-state index in [9.17, 15) is 4.79 Å². The minimum atomic E-state index is 0.00200. The Morgan fingerprint density at radius 1 is 1.12 bits per heavy atom.